The summed E-state index contributed by atoms with van der Waals surface area (Å²) in [5.41, 5.74) is 0.464. The van der Waals surface area contributed by atoms with Crippen molar-refractivity contribution in [3.05, 3.63) is 51.6 Å². The van der Waals surface area contributed by atoms with Crippen molar-refractivity contribution in [3.63, 3.8) is 0 Å². The topological polar surface area (TPSA) is 116 Å². The highest BCUT2D eigenvalue weighted by Gasteiger charge is 2.67. The molecule has 8 heteroatoms. The Labute approximate surface area is 222 Å². The molecular formula is C30H37NO7. The van der Waals surface area contributed by atoms with Crippen LogP contribution < -0.4 is 0 Å². The Hall–Kier alpha value is -2.74. The molecule has 0 radical (unpaired) electrons. The summed E-state index contributed by atoms with van der Waals surface area (Å²) >= 11 is 0. The zero-order valence-electron chi connectivity index (χ0n) is 22.2. The first kappa shape index (κ1) is 25.5. The van der Waals surface area contributed by atoms with Gasteiger partial charge in [0.2, 0.25) is 0 Å². The van der Waals surface area contributed by atoms with Crippen LogP contribution in [0.1, 0.15) is 82.0 Å². The van der Waals surface area contributed by atoms with Gasteiger partial charge < -0.3 is 14.6 Å². The van der Waals surface area contributed by atoms with Gasteiger partial charge in [-0.3, -0.25) is 10.1 Å². The monoisotopic (exact) mass is 523 g/mol. The van der Waals surface area contributed by atoms with E-state index >= 15 is 0 Å². The Balaban J connectivity index is 1.15. The van der Waals surface area contributed by atoms with Crippen LogP contribution in [0.2, 0.25) is 0 Å². The summed E-state index contributed by atoms with van der Waals surface area (Å²) in [6.07, 6.45) is 9.75. The standard InChI is InChI=1S/C30H37NO7/c1-28-12-9-22(38-27(33)18-3-6-21(7-4-18)31(35)36)16-20(28)5-8-25-24(28)10-13-29(2)23(11-14-30(25,29)34)19-15-26(32)37-17-19/h3-4,6-7,15,20,22-25,34H,5,8-14,16-17H2,1-2H3/t20-,22+,23-,24+,25-,28+,29-,30+/m1/s1. The highest BCUT2D eigenvalue weighted by molar-refractivity contribution is 5.89. The maximum absolute atomic E-state index is 12.8. The van der Waals surface area contributed by atoms with Crippen LogP contribution in [0.4, 0.5) is 5.69 Å². The number of aliphatic hydroxyl groups is 1. The number of nitro groups is 1. The molecule has 1 heterocycles. The van der Waals surface area contributed by atoms with E-state index in [0.717, 1.165) is 63.4 Å². The van der Waals surface area contributed by atoms with E-state index in [1.165, 1.54) is 24.3 Å². The summed E-state index contributed by atoms with van der Waals surface area (Å²) in [7, 11) is 0. The van der Waals surface area contributed by atoms with Crippen molar-refractivity contribution in [3.8, 4) is 0 Å². The van der Waals surface area contributed by atoms with Crippen LogP contribution in [0.5, 0.6) is 0 Å². The summed E-state index contributed by atoms with van der Waals surface area (Å²) in [6, 6.07) is 5.58. The molecule has 6 rings (SSSR count). The van der Waals surface area contributed by atoms with Gasteiger partial charge in [0.1, 0.15) is 12.7 Å². The Kier molecular flexibility index (Phi) is 5.98. The molecule has 8 atom stereocenters. The summed E-state index contributed by atoms with van der Waals surface area (Å²) in [5.74, 6) is 0.614. The molecule has 8 nitrogen and oxygen atoms in total. The van der Waals surface area contributed by atoms with Gasteiger partial charge in [-0.2, -0.15) is 0 Å². The fraction of sp³-hybridized carbons (Fsp3) is 0.667. The number of benzene rings is 1. The number of carbonyl (C=O) groups excluding carboxylic acids is 2. The molecular weight excluding hydrogens is 486 g/mol. The average molecular weight is 524 g/mol. The first-order valence-corrected chi connectivity index (χ1v) is 14.1. The number of non-ortho nitro benzene ring substituents is 1. The quantitative estimate of drug-likeness (QED) is 0.320. The third kappa shape index (κ3) is 3.74. The van der Waals surface area contributed by atoms with E-state index in [1.54, 1.807) is 6.08 Å². The van der Waals surface area contributed by atoms with Gasteiger partial charge in [0.05, 0.1) is 16.1 Å². The van der Waals surface area contributed by atoms with E-state index in [2.05, 4.69) is 13.8 Å². The second-order valence-corrected chi connectivity index (χ2v) is 12.9. The smallest absolute Gasteiger partial charge is 0.338 e. The first-order valence-electron chi connectivity index (χ1n) is 14.1. The number of nitrogens with zero attached hydrogens (tertiary/aromatic N) is 1. The lowest BCUT2D eigenvalue weighted by atomic mass is 9.43. The van der Waals surface area contributed by atoms with Gasteiger partial charge in [0.25, 0.3) is 5.69 Å². The van der Waals surface area contributed by atoms with Crippen molar-refractivity contribution >= 4 is 17.6 Å². The van der Waals surface area contributed by atoms with E-state index in [-0.39, 0.29) is 40.4 Å². The van der Waals surface area contributed by atoms with E-state index in [1.807, 2.05) is 0 Å². The summed E-state index contributed by atoms with van der Waals surface area (Å²) < 4.78 is 11.1. The predicted octanol–water partition coefficient (Wildman–Crippen LogP) is 5.38. The Morgan fingerprint density at radius 1 is 1.05 bits per heavy atom. The van der Waals surface area contributed by atoms with Crippen molar-refractivity contribution < 1.29 is 29.1 Å². The molecule has 4 saturated carbocycles. The van der Waals surface area contributed by atoms with Crippen LogP contribution >= 0.6 is 0 Å². The average Bonchev–Trinajstić information content (AvgIpc) is 3.44. The molecule has 4 fully saturated rings. The van der Waals surface area contributed by atoms with Gasteiger partial charge in [-0.05, 0) is 105 Å². The normalized spacial score (nSPS) is 41.8. The minimum absolute atomic E-state index is 0.0487. The molecule has 0 spiro atoms. The summed E-state index contributed by atoms with van der Waals surface area (Å²) in [4.78, 5) is 35.0. The number of ether oxygens (including phenoxy) is 2. The molecule has 0 saturated heterocycles. The lowest BCUT2D eigenvalue weighted by Crippen LogP contribution is -2.62. The maximum Gasteiger partial charge on any atom is 0.338 e. The number of carbonyl (C=O) groups is 2. The van der Waals surface area contributed by atoms with E-state index < -0.39 is 16.5 Å². The third-order valence-corrected chi connectivity index (χ3v) is 11.5. The number of rotatable bonds is 4. The van der Waals surface area contributed by atoms with Crippen LogP contribution in [-0.2, 0) is 14.3 Å². The summed E-state index contributed by atoms with van der Waals surface area (Å²) in [5, 5.41) is 23.3. The minimum atomic E-state index is -0.736. The maximum atomic E-state index is 12.8. The zero-order valence-corrected chi connectivity index (χ0v) is 22.2. The molecule has 1 aromatic carbocycles. The second kappa shape index (κ2) is 8.90. The molecule has 4 aliphatic carbocycles. The van der Waals surface area contributed by atoms with Crippen molar-refractivity contribution in [1.29, 1.82) is 0 Å². The Bertz CT molecular complexity index is 1190. The molecule has 0 aromatic heterocycles. The Morgan fingerprint density at radius 3 is 2.50 bits per heavy atom. The summed E-state index contributed by atoms with van der Waals surface area (Å²) in [6.45, 7) is 5.00. The van der Waals surface area contributed by atoms with Crippen molar-refractivity contribution in [2.45, 2.75) is 83.3 Å². The molecule has 0 bridgehead atoms. The molecule has 38 heavy (non-hydrogen) atoms. The van der Waals surface area contributed by atoms with Gasteiger partial charge >= 0.3 is 11.9 Å². The third-order valence-electron chi connectivity index (χ3n) is 11.5. The van der Waals surface area contributed by atoms with Gasteiger partial charge in [-0.15, -0.1) is 0 Å². The van der Waals surface area contributed by atoms with Crippen molar-refractivity contribution in [1.82, 2.24) is 0 Å². The largest absolute Gasteiger partial charge is 0.459 e. The van der Waals surface area contributed by atoms with Gasteiger partial charge in [-0.1, -0.05) is 13.8 Å². The number of esters is 2. The fourth-order valence-corrected chi connectivity index (χ4v) is 9.42. The lowest BCUT2D eigenvalue weighted by Gasteiger charge is -2.63. The van der Waals surface area contributed by atoms with Crippen LogP contribution in [0, 0.1) is 44.6 Å². The molecule has 0 amide bonds. The Morgan fingerprint density at radius 2 is 1.82 bits per heavy atom. The van der Waals surface area contributed by atoms with Crippen LogP contribution in [0.25, 0.3) is 0 Å². The number of fused-ring (bicyclic) bond motifs is 5. The minimum Gasteiger partial charge on any atom is -0.459 e. The lowest BCUT2D eigenvalue weighted by molar-refractivity contribution is -0.384. The number of nitro benzene ring substituents is 1. The van der Waals surface area contributed by atoms with Gasteiger partial charge in [0, 0.05) is 23.6 Å². The van der Waals surface area contributed by atoms with Crippen LogP contribution in [0.15, 0.2) is 35.9 Å². The number of hydrogen-bond acceptors (Lipinski definition) is 7. The van der Waals surface area contributed by atoms with E-state index in [0.29, 0.717) is 24.0 Å². The zero-order chi connectivity index (χ0) is 26.9. The van der Waals surface area contributed by atoms with Crippen LogP contribution in [-0.4, -0.2) is 40.3 Å². The molecule has 5 aliphatic rings. The molecule has 1 N–H and O–H groups in total. The molecule has 1 aliphatic heterocycles. The predicted molar refractivity (Wildman–Crippen MR) is 138 cm³/mol. The van der Waals surface area contributed by atoms with Crippen LogP contribution in [0.3, 0.4) is 0 Å². The van der Waals surface area contributed by atoms with E-state index in [9.17, 15) is 24.8 Å². The fourth-order valence-electron chi connectivity index (χ4n) is 9.42. The van der Waals surface area contributed by atoms with Crippen molar-refractivity contribution in [2.75, 3.05) is 6.61 Å². The molecule has 204 valence electrons. The van der Waals surface area contributed by atoms with Crippen molar-refractivity contribution in [2.24, 2.45) is 34.5 Å². The van der Waals surface area contributed by atoms with Gasteiger partial charge in [0.15, 0.2) is 0 Å². The molecule has 0 unspecified atom stereocenters. The highest BCUT2D eigenvalue weighted by atomic mass is 16.6. The van der Waals surface area contributed by atoms with Gasteiger partial charge in [-0.25, -0.2) is 9.59 Å². The molecule has 1 aromatic rings. The highest BCUT2D eigenvalue weighted by Crippen LogP contribution is 2.70. The number of hydrogen-bond donors (Lipinski definition) is 1. The van der Waals surface area contributed by atoms with E-state index in [4.69, 9.17) is 9.47 Å². The second-order valence-electron chi connectivity index (χ2n) is 12.9. The first-order chi connectivity index (χ1) is 18.0. The number of cyclic esters (lactones) is 1. The SMILES string of the molecule is C[C@]12CC[C@H](OC(=O)c3ccc([N+](=O)[O-])cc3)C[C@H]1CC[C@@H]1[C@@H]2CC[C@]2(C)[C@@H](C3=CC(=O)OC3)CC[C@]12O.